The molecule has 1 saturated heterocycles. The second kappa shape index (κ2) is 8.52. The Morgan fingerprint density at radius 2 is 1.89 bits per heavy atom. The molecule has 1 N–H and O–H groups in total. The number of aromatic nitrogens is 4. The van der Waals surface area contributed by atoms with Crippen molar-refractivity contribution in [2.75, 3.05) is 30.4 Å². The van der Waals surface area contributed by atoms with Crippen molar-refractivity contribution in [3.63, 3.8) is 0 Å². The highest BCUT2D eigenvalue weighted by Crippen LogP contribution is 2.27. The molecular formula is C20H25FN6O. The van der Waals surface area contributed by atoms with Gasteiger partial charge in [0.15, 0.2) is 0 Å². The van der Waals surface area contributed by atoms with E-state index < -0.39 is 0 Å². The molecule has 1 fully saturated rings. The van der Waals surface area contributed by atoms with Gasteiger partial charge in [-0.05, 0) is 31.0 Å². The van der Waals surface area contributed by atoms with Gasteiger partial charge in [-0.15, -0.1) is 0 Å². The topological polar surface area (TPSA) is 67.6 Å². The van der Waals surface area contributed by atoms with Crippen LogP contribution >= 0.6 is 0 Å². The standard InChI is InChI=1S/C20H25FN6O/c1-28-13-16-12-19(27-20(25-16)22-14-23-27)24-15-7-8-18(17(21)11-15)26-9-5-3-2-4-6-10-26/h7-8,11-12,14,24H,2-6,9-10,13H2,1H3. The summed E-state index contributed by atoms with van der Waals surface area (Å²) in [6.45, 7) is 2.18. The SMILES string of the molecule is COCc1cc(Nc2ccc(N3CCCCCCC3)c(F)c2)n2ncnc2n1. The lowest BCUT2D eigenvalue weighted by Crippen LogP contribution is -2.27. The molecule has 7 nitrogen and oxygen atoms in total. The first kappa shape index (κ1) is 18.6. The highest BCUT2D eigenvalue weighted by Gasteiger charge is 2.15. The predicted octanol–water partition coefficient (Wildman–Crippen LogP) is 3.92. The van der Waals surface area contributed by atoms with Gasteiger partial charge in [-0.1, -0.05) is 19.3 Å². The van der Waals surface area contributed by atoms with E-state index in [9.17, 15) is 4.39 Å². The van der Waals surface area contributed by atoms with Crippen LogP contribution in [0.15, 0.2) is 30.6 Å². The minimum atomic E-state index is -0.216. The number of hydrogen-bond donors (Lipinski definition) is 1. The van der Waals surface area contributed by atoms with Crippen LogP contribution in [-0.4, -0.2) is 39.8 Å². The average Bonchev–Trinajstić information content (AvgIpc) is 3.12. The van der Waals surface area contributed by atoms with Crippen molar-refractivity contribution in [2.45, 2.75) is 38.7 Å². The summed E-state index contributed by atoms with van der Waals surface area (Å²) in [5, 5.41) is 7.42. The summed E-state index contributed by atoms with van der Waals surface area (Å²) in [6, 6.07) is 7.12. The second-order valence-electron chi connectivity index (χ2n) is 7.08. The van der Waals surface area contributed by atoms with E-state index in [1.807, 2.05) is 18.2 Å². The van der Waals surface area contributed by atoms with Crippen molar-refractivity contribution >= 4 is 23.0 Å². The Hall–Kier alpha value is -2.74. The van der Waals surface area contributed by atoms with E-state index in [1.54, 1.807) is 11.6 Å². The van der Waals surface area contributed by atoms with Crippen LogP contribution in [0.4, 0.5) is 21.6 Å². The van der Waals surface area contributed by atoms with E-state index in [4.69, 9.17) is 4.74 Å². The highest BCUT2D eigenvalue weighted by molar-refractivity contribution is 5.63. The molecule has 0 radical (unpaired) electrons. The Morgan fingerprint density at radius 1 is 1.11 bits per heavy atom. The zero-order valence-corrected chi connectivity index (χ0v) is 16.1. The molecule has 0 saturated carbocycles. The lowest BCUT2D eigenvalue weighted by atomic mass is 10.1. The van der Waals surface area contributed by atoms with Crippen LogP contribution in [0.5, 0.6) is 0 Å². The molecule has 28 heavy (non-hydrogen) atoms. The predicted molar refractivity (Wildman–Crippen MR) is 106 cm³/mol. The number of anilines is 3. The fraction of sp³-hybridized carbons (Fsp3) is 0.450. The van der Waals surface area contributed by atoms with Crippen LogP contribution in [0.3, 0.4) is 0 Å². The van der Waals surface area contributed by atoms with E-state index in [2.05, 4.69) is 25.3 Å². The Kier molecular flexibility index (Phi) is 5.66. The molecule has 1 aromatic carbocycles. The number of rotatable bonds is 5. The number of ether oxygens (including phenoxy) is 1. The van der Waals surface area contributed by atoms with Crippen molar-refractivity contribution in [3.8, 4) is 0 Å². The van der Waals surface area contributed by atoms with Crippen LogP contribution in [0, 0.1) is 5.82 Å². The normalized spacial score (nSPS) is 15.4. The molecule has 0 amide bonds. The van der Waals surface area contributed by atoms with Gasteiger partial charge in [0, 0.05) is 32.0 Å². The zero-order valence-electron chi connectivity index (χ0n) is 16.1. The maximum Gasteiger partial charge on any atom is 0.254 e. The van der Waals surface area contributed by atoms with Gasteiger partial charge in [0.05, 0.1) is 18.0 Å². The molecule has 0 unspecified atom stereocenters. The van der Waals surface area contributed by atoms with Gasteiger partial charge in [-0.25, -0.2) is 9.37 Å². The Bertz CT molecular complexity index is 936. The lowest BCUT2D eigenvalue weighted by Gasteiger charge is -2.27. The summed E-state index contributed by atoms with van der Waals surface area (Å²) < 4.78 is 21.6. The molecule has 0 atom stereocenters. The molecule has 8 heteroatoms. The van der Waals surface area contributed by atoms with Gasteiger partial charge in [-0.3, -0.25) is 0 Å². The number of fused-ring (bicyclic) bond motifs is 1. The highest BCUT2D eigenvalue weighted by atomic mass is 19.1. The summed E-state index contributed by atoms with van der Waals surface area (Å²) in [5.74, 6) is 0.911. The van der Waals surface area contributed by atoms with Crippen molar-refractivity contribution in [1.82, 2.24) is 19.6 Å². The van der Waals surface area contributed by atoms with Gasteiger partial charge in [-0.2, -0.15) is 14.6 Å². The molecule has 3 aromatic rings. The van der Waals surface area contributed by atoms with E-state index in [1.165, 1.54) is 31.7 Å². The molecule has 1 aliphatic heterocycles. The molecule has 148 valence electrons. The number of nitrogens with one attached hydrogen (secondary N) is 1. The molecule has 3 heterocycles. The smallest absolute Gasteiger partial charge is 0.254 e. The van der Waals surface area contributed by atoms with E-state index in [0.717, 1.165) is 31.6 Å². The first-order valence-corrected chi connectivity index (χ1v) is 9.75. The second-order valence-corrected chi connectivity index (χ2v) is 7.08. The maximum absolute atomic E-state index is 14.9. The van der Waals surface area contributed by atoms with Gasteiger partial charge in [0.2, 0.25) is 0 Å². The minimum absolute atomic E-state index is 0.216. The molecule has 0 bridgehead atoms. The molecule has 0 aliphatic carbocycles. The summed E-state index contributed by atoms with van der Waals surface area (Å²) in [4.78, 5) is 10.7. The van der Waals surface area contributed by atoms with Crippen LogP contribution in [0.2, 0.25) is 0 Å². The third kappa shape index (κ3) is 4.06. The van der Waals surface area contributed by atoms with Crippen molar-refractivity contribution in [1.29, 1.82) is 0 Å². The quantitative estimate of drug-likeness (QED) is 0.719. The van der Waals surface area contributed by atoms with E-state index in [0.29, 0.717) is 29.6 Å². The molecule has 2 aromatic heterocycles. The van der Waals surface area contributed by atoms with Crippen molar-refractivity contribution in [3.05, 3.63) is 42.1 Å². The van der Waals surface area contributed by atoms with Gasteiger partial charge in [0.25, 0.3) is 5.78 Å². The number of halogens is 1. The van der Waals surface area contributed by atoms with Gasteiger partial charge >= 0.3 is 0 Å². The maximum atomic E-state index is 14.9. The van der Waals surface area contributed by atoms with Crippen molar-refractivity contribution < 1.29 is 9.13 Å². The zero-order chi connectivity index (χ0) is 19.3. The third-order valence-electron chi connectivity index (χ3n) is 5.01. The summed E-state index contributed by atoms with van der Waals surface area (Å²) in [6.07, 6.45) is 7.39. The third-order valence-corrected chi connectivity index (χ3v) is 5.01. The molecular weight excluding hydrogens is 359 g/mol. The average molecular weight is 384 g/mol. The van der Waals surface area contributed by atoms with Crippen LogP contribution < -0.4 is 10.2 Å². The number of methoxy groups -OCH3 is 1. The Labute approximate surface area is 163 Å². The Balaban J connectivity index is 1.58. The van der Waals surface area contributed by atoms with Crippen molar-refractivity contribution in [2.24, 2.45) is 0 Å². The molecule has 1 aliphatic rings. The van der Waals surface area contributed by atoms with E-state index >= 15 is 0 Å². The largest absolute Gasteiger partial charge is 0.378 e. The summed E-state index contributed by atoms with van der Waals surface area (Å²) in [7, 11) is 1.61. The summed E-state index contributed by atoms with van der Waals surface area (Å²) >= 11 is 0. The minimum Gasteiger partial charge on any atom is -0.378 e. The monoisotopic (exact) mass is 384 g/mol. The number of benzene rings is 1. The van der Waals surface area contributed by atoms with Gasteiger partial charge in [0.1, 0.15) is 18.0 Å². The van der Waals surface area contributed by atoms with Crippen LogP contribution in [0.25, 0.3) is 5.78 Å². The first-order valence-electron chi connectivity index (χ1n) is 9.75. The fourth-order valence-corrected chi connectivity index (χ4v) is 3.65. The fourth-order valence-electron chi connectivity index (χ4n) is 3.65. The first-order chi connectivity index (χ1) is 13.7. The van der Waals surface area contributed by atoms with Crippen LogP contribution in [0.1, 0.15) is 37.8 Å². The Morgan fingerprint density at radius 3 is 2.64 bits per heavy atom. The molecule has 0 spiro atoms. The van der Waals surface area contributed by atoms with E-state index in [-0.39, 0.29) is 5.82 Å². The number of nitrogens with zero attached hydrogens (tertiary/aromatic N) is 5. The van der Waals surface area contributed by atoms with Crippen LogP contribution in [-0.2, 0) is 11.3 Å². The number of hydrogen-bond acceptors (Lipinski definition) is 6. The summed E-state index contributed by atoms with van der Waals surface area (Å²) in [5.41, 5.74) is 2.05. The molecule has 4 rings (SSSR count). The van der Waals surface area contributed by atoms with Gasteiger partial charge < -0.3 is 15.0 Å². The lowest BCUT2D eigenvalue weighted by molar-refractivity contribution is 0.181.